The molecule has 0 spiro atoms. The standard InChI is InChI=1S/C14H16N2O6/c1-15-11(17)7-21-13(19)9-3-5-10(6-4-9)14(20)22-8-12(18)16-2/h3-6H,7-8H2,1-2H3,(H,15,17)(H,16,18). The molecule has 1 rings (SSSR count). The second kappa shape index (κ2) is 8.40. The van der Waals surface area contributed by atoms with Crippen molar-refractivity contribution in [3.8, 4) is 0 Å². The molecule has 0 bridgehead atoms. The van der Waals surface area contributed by atoms with Crippen molar-refractivity contribution >= 4 is 23.8 Å². The highest BCUT2D eigenvalue weighted by molar-refractivity contribution is 5.94. The second-order valence-electron chi connectivity index (χ2n) is 4.08. The van der Waals surface area contributed by atoms with Crippen LogP contribution in [-0.2, 0) is 19.1 Å². The maximum absolute atomic E-state index is 11.6. The Morgan fingerprint density at radius 2 is 1.09 bits per heavy atom. The van der Waals surface area contributed by atoms with Crippen molar-refractivity contribution in [3.63, 3.8) is 0 Å². The van der Waals surface area contributed by atoms with Crippen molar-refractivity contribution in [3.05, 3.63) is 35.4 Å². The first-order valence-corrected chi connectivity index (χ1v) is 6.33. The summed E-state index contributed by atoms with van der Waals surface area (Å²) in [5, 5.41) is 4.63. The van der Waals surface area contributed by atoms with E-state index in [0.29, 0.717) is 0 Å². The lowest BCUT2D eigenvalue weighted by molar-refractivity contribution is -0.124. The van der Waals surface area contributed by atoms with E-state index in [-0.39, 0.29) is 24.3 Å². The van der Waals surface area contributed by atoms with Gasteiger partial charge in [-0.2, -0.15) is 0 Å². The molecule has 8 nitrogen and oxygen atoms in total. The molecule has 0 unspecified atom stereocenters. The van der Waals surface area contributed by atoms with Crippen LogP contribution < -0.4 is 10.6 Å². The SMILES string of the molecule is CNC(=O)COC(=O)c1ccc(C(=O)OCC(=O)NC)cc1. The van der Waals surface area contributed by atoms with Gasteiger partial charge in [0.15, 0.2) is 13.2 Å². The highest BCUT2D eigenvalue weighted by Crippen LogP contribution is 2.07. The van der Waals surface area contributed by atoms with Crippen molar-refractivity contribution in [2.75, 3.05) is 27.3 Å². The van der Waals surface area contributed by atoms with Crippen LogP contribution in [0, 0.1) is 0 Å². The number of esters is 2. The summed E-state index contributed by atoms with van der Waals surface area (Å²) in [5.74, 6) is -2.23. The fourth-order valence-corrected chi connectivity index (χ4v) is 1.32. The van der Waals surface area contributed by atoms with Gasteiger partial charge in [0.25, 0.3) is 11.8 Å². The molecule has 0 aromatic heterocycles. The van der Waals surface area contributed by atoms with Gasteiger partial charge in [-0.25, -0.2) is 9.59 Å². The number of likely N-dealkylation sites (N-methyl/N-ethyl adjacent to an activating group) is 2. The Labute approximate surface area is 126 Å². The van der Waals surface area contributed by atoms with E-state index in [1.165, 1.54) is 38.4 Å². The summed E-state index contributed by atoms with van der Waals surface area (Å²) in [7, 11) is 2.85. The summed E-state index contributed by atoms with van der Waals surface area (Å²) in [6.07, 6.45) is 0. The molecule has 0 heterocycles. The van der Waals surface area contributed by atoms with Gasteiger partial charge in [-0.15, -0.1) is 0 Å². The lowest BCUT2D eigenvalue weighted by atomic mass is 10.1. The average molecular weight is 308 g/mol. The van der Waals surface area contributed by atoms with Crippen molar-refractivity contribution < 1.29 is 28.7 Å². The predicted molar refractivity (Wildman–Crippen MR) is 75.1 cm³/mol. The number of rotatable bonds is 6. The van der Waals surface area contributed by atoms with Gasteiger partial charge < -0.3 is 20.1 Å². The molecule has 0 atom stereocenters. The largest absolute Gasteiger partial charge is 0.452 e. The molecule has 0 aliphatic carbocycles. The molecule has 118 valence electrons. The van der Waals surface area contributed by atoms with Gasteiger partial charge in [0.2, 0.25) is 0 Å². The predicted octanol–water partition coefficient (Wildman–Crippen LogP) is -0.508. The number of benzene rings is 1. The lowest BCUT2D eigenvalue weighted by Gasteiger charge is -2.06. The molecule has 2 N–H and O–H groups in total. The van der Waals surface area contributed by atoms with Crippen molar-refractivity contribution in [2.45, 2.75) is 0 Å². The molecular weight excluding hydrogens is 292 g/mol. The fraction of sp³-hybridized carbons (Fsp3) is 0.286. The first-order chi connectivity index (χ1) is 10.5. The summed E-state index contributed by atoms with van der Waals surface area (Å²) in [4.78, 5) is 45.2. The van der Waals surface area contributed by atoms with Crippen LogP contribution in [0.25, 0.3) is 0 Å². The fourth-order valence-electron chi connectivity index (χ4n) is 1.32. The Kier molecular flexibility index (Phi) is 6.55. The van der Waals surface area contributed by atoms with Crippen LogP contribution in [0.1, 0.15) is 20.7 Å². The van der Waals surface area contributed by atoms with Gasteiger partial charge in [0, 0.05) is 14.1 Å². The van der Waals surface area contributed by atoms with E-state index in [9.17, 15) is 19.2 Å². The van der Waals surface area contributed by atoms with Crippen LogP contribution in [0.4, 0.5) is 0 Å². The number of hydrogen-bond donors (Lipinski definition) is 2. The molecule has 8 heteroatoms. The zero-order chi connectivity index (χ0) is 16.5. The molecule has 1 aromatic carbocycles. The molecule has 1 aromatic rings. The zero-order valence-corrected chi connectivity index (χ0v) is 12.2. The van der Waals surface area contributed by atoms with Gasteiger partial charge in [0.1, 0.15) is 0 Å². The van der Waals surface area contributed by atoms with E-state index in [4.69, 9.17) is 9.47 Å². The van der Waals surface area contributed by atoms with E-state index in [2.05, 4.69) is 10.6 Å². The first-order valence-electron chi connectivity index (χ1n) is 6.33. The minimum absolute atomic E-state index is 0.187. The van der Waals surface area contributed by atoms with E-state index >= 15 is 0 Å². The zero-order valence-electron chi connectivity index (χ0n) is 12.2. The Hall–Kier alpha value is -2.90. The summed E-state index contributed by atoms with van der Waals surface area (Å²) in [5.41, 5.74) is 0.374. The minimum atomic E-state index is -0.686. The number of carbonyl (C=O) groups excluding carboxylic acids is 4. The van der Waals surface area contributed by atoms with Gasteiger partial charge in [0.05, 0.1) is 11.1 Å². The van der Waals surface area contributed by atoms with Crippen molar-refractivity contribution in [1.29, 1.82) is 0 Å². The highest BCUT2D eigenvalue weighted by Gasteiger charge is 2.13. The van der Waals surface area contributed by atoms with E-state index < -0.39 is 23.8 Å². The van der Waals surface area contributed by atoms with Gasteiger partial charge in [-0.3, -0.25) is 9.59 Å². The molecule has 2 amide bonds. The Morgan fingerprint density at radius 3 is 1.36 bits per heavy atom. The van der Waals surface area contributed by atoms with Crippen LogP contribution in [0.15, 0.2) is 24.3 Å². The summed E-state index contributed by atoms with van der Waals surface area (Å²) < 4.78 is 9.51. The average Bonchev–Trinajstić information content (AvgIpc) is 2.56. The first kappa shape index (κ1) is 17.2. The van der Waals surface area contributed by atoms with Crippen LogP contribution in [-0.4, -0.2) is 51.1 Å². The summed E-state index contributed by atoms with van der Waals surface area (Å²) in [6, 6.07) is 5.46. The van der Waals surface area contributed by atoms with E-state index in [0.717, 1.165) is 0 Å². The van der Waals surface area contributed by atoms with Crippen LogP contribution in [0.5, 0.6) is 0 Å². The quantitative estimate of drug-likeness (QED) is 0.685. The van der Waals surface area contributed by atoms with Crippen LogP contribution in [0.3, 0.4) is 0 Å². The molecule has 0 saturated carbocycles. The molecule has 22 heavy (non-hydrogen) atoms. The Bertz CT molecular complexity index is 516. The number of amides is 2. The number of nitrogens with one attached hydrogen (secondary N) is 2. The molecule has 0 aliphatic heterocycles. The van der Waals surface area contributed by atoms with Crippen LogP contribution in [0.2, 0.25) is 0 Å². The smallest absolute Gasteiger partial charge is 0.338 e. The van der Waals surface area contributed by atoms with E-state index in [1.54, 1.807) is 0 Å². The molecule has 0 radical (unpaired) electrons. The highest BCUT2D eigenvalue weighted by atomic mass is 16.5. The van der Waals surface area contributed by atoms with Gasteiger partial charge in [-0.1, -0.05) is 0 Å². The van der Waals surface area contributed by atoms with Gasteiger partial charge >= 0.3 is 11.9 Å². The molecule has 0 fully saturated rings. The van der Waals surface area contributed by atoms with Crippen LogP contribution >= 0.6 is 0 Å². The number of hydrogen-bond acceptors (Lipinski definition) is 6. The monoisotopic (exact) mass is 308 g/mol. The number of carbonyl (C=O) groups is 4. The normalized spacial score (nSPS) is 9.55. The third kappa shape index (κ3) is 5.23. The number of ether oxygens (including phenoxy) is 2. The Balaban J connectivity index is 2.58. The topological polar surface area (TPSA) is 111 Å². The maximum atomic E-state index is 11.6. The van der Waals surface area contributed by atoms with Gasteiger partial charge in [-0.05, 0) is 24.3 Å². The van der Waals surface area contributed by atoms with Crippen molar-refractivity contribution in [1.82, 2.24) is 10.6 Å². The molecule has 0 aliphatic rings. The van der Waals surface area contributed by atoms with E-state index in [1.807, 2.05) is 0 Å². The maximum Gasteiger partial charge on any atom is 0.338 e. The molecule has 0 saturated heterocycles. The summed E-state index contributed by atoms with van der Waals surface area (Å²) >= 11 is 0. The lowest BCUT2D eigenvalue weighted by Crippen LogP contribution is -2.25. The Morgan fingerprint density at radius 1 is 0.773 bits per heavy atom. The van der Waals surface area contributed by atoms with Crippen molar-refractivity contribution in [2.24, 2.45) is 0 Å². The summed E-state index contributed by atoms with van der Waals surface area (Å²) in [6.45, 7) is -0.767. The minimum Gasteiger partial charge on any atom is -0.452 e. The second-order valence-corrected chi connectivity index (χ2v) is 4.08. The molecular formula is C14H16N2O6. The third-order valence-electron chi connectivity index (χ3n) is 2.58. The third-order valence-corrected chi connectivity index (χ3v) is 2.58.